The first kappa shape index (κ1) is 12.9. The van der Waals surface area contributed by atoms with Gasteiger partial charge in [0.15, 0.2) is 0 Å². The molecule has 0 radical (unpaired) electrons. The van der Waals surface area contributed by atoms with E-state index in [-0.39, 0.29) is 6.04 Å². The molecule has 3 unspecified atom stereocenters. The zero-order valence-corrected chi connectivity index (χ0v) is 11.3. The van der Waals surface area contributed by atoms with Crippen molar-refractivity contribution in [1.82, 2.24) is 5.43 Å². The molecule has 94 valence electrons. The van der Waals surface area contributed by atoms with E-state index in [0.29, 0.717) is 5.92 Å². The second kappa shape index (κ2) is 5.38. The normalized spacial score (nSPS) is 26.1. The lowest BCUT2D eigenvalue weighted by Crippen LogP contribution is -2.32. The van der Waals surface area contributed by atoms with Gasteiger partial charge in [0.05, 0.1) is 0 Å². The maximum absolute atomic E-state index is 6.18. The Kier molecular flexibility index (Phi) is 4.08. The molecule has 3 heteroatoms. The number of hydrogen-bond acceptors (Lipinski definition) is 2. The molecule has 1 aromatic carbocycles. The summed E-state index contributed by atoms with van der Waals surface area (Å²) in [6, 6.07) is 6.48. The summed E-state index contributed by atoms with van der Waals surface area (Å²) in [7, 11) is 0. The van der Waals surface area contributed by atoms with Crippen molar-refractivity contribution in [2.24, 2.45) is 17.7 Å². The summed E-state index contributed by atoms with van der Waals surface area (Å²) < 4.78 is 0. The molecule has 1 saturated carbocycles. The van der Waals surface area contributed by atoms with Crippen molar-refractivity contribution in [3.63, 3.8) is 0 Å². The summed E-state index contributed by atoms with van der Waals surface area (Å²) >= 11 is 6.18. The Morgan fingerprint density at radius 2 is 2.18 bits per heavy atom. The topological polar surface area (TPSA) is 38.0 Å². The van der Waals surface area contributed by atoms with E-state index in [1.54, 1.807) is 0 Å². The van der Waals surface area contributed by atoms with Crippen LogP contribution in [0, 0.1) is 18.8 Å². The van der Waals surface area contributed by atoms with Gasteiger partial charge in [-0.25, -0.2) is 0 Å². The van der Waals surface area contributed by atoms with Crippen molar-refractivity contribution >= 4 is 11.6 Å². The van der Waals surface area contributed by atoms with Gasteiger partial charge in [-0.15, -0.1) is 0 Å². The first-order valence-corrected chi connectivity index (χ1v) is 6.71. The lowest BCUT2D eigenvalue weighted by molar-refractivity contribution is 0.364. The molecule has 0 amide bonds. The van der Waals surface area contributed by atoms with E-state index in [2.05, 4.69) is 24.5 Å². The van der Waals surface area contributed by atoms with Crippen molar-refractivity contribution in [2.75, 3.05) is 0 Å². The van der Waals surface area contributed by atoms with Gasteiger partial charge in [0.2, 0.25) is 0 Å². The first-order chi connectivity index (χ1) is 8.11. The van der Waals surface area contributed by atoms with Crippen LogP contribution >= 0.6 is 11.6 Å². The summed E-state index contributed by atoms with van der Waals surface area (Å²) in [5.74, 6) is 7.17. The quantitative estimate of drug-likeness (QED) is 0.637. The number of benzene rings is 1. The minimum Gasteiger partial charge on any atom is -0.271 e. The summed E-state index contributed by atoms with van der Waals surface area (Å²) in [4.78, 5) is 0. The molecule has 1 fully saturated rings. The Labute approximate surface area is 109 Å². The lowest BCUT2D eigenvalue weighted by atomic mass is 9.91. The largest absolute Gasteiger partial charge is 0.271 e. The van der Waals surface area contributed by atoms with Crippen LogP contribution in [0.4, 0.5) is 0 Å². The van der Waals surface area contributed by atoms with Crippen LogP contribution in [0.1, 0.15) is 43.4 Å². The monoisotopic (exact) mass is 252 g/mol. The maximum atomic E-state index is 6.18. The molecule has 2 nitrogen and oxygen atoms in total. The fourth-order valence-corrected chi connectivity index (χ4v) is 3.05. The lowest BCUT2D eigenvalue weighted by Gasteiger charge is -2.23. The van der Waals surface area contributed by atoms with Gasteiger partial charge in [0.25, 0.3) is 0 Å². The van der Waals surface area contributed by atoms with Gasteiger partial charge < -0.3 is 0 Å². The molecule has 3 atom stereocenters. The average molecular weight is 253 g/mol. The zero-order valence-electron chi connectivity index (χ0n) is 10.5. The predicted octanol–water partition coefficient (Wildman–Crippen LogP) is 3.59. The van der Waals surface area contributed by atoms with Crippen LogP contribution in [0.3, 0.4) is 0 Å². The van der Waals surface area contributed by atoms with E-state index in [9.17, 15) is 0 Å². The highest BCUT2D eigenvalue weighted by Crippen LogP contribution is 2.39. The van der Waals surface area contributed by atoms with E-state index in [4.69, 9.17) is 17.4 Å². The van der Waals surface area contributed by atoms with Crippen LogP contribution in [-0.2, 0) is 0 Å². The van der Waals surface area contributed by atoms with Crippen molar-refractivity contribution in [1.29, 1.82) is 0 Å². The Bertz CT molecular complexity index is 392. The molecule has 1 aromatic rings. The Morgan fingerprint density at radius 3 is 2.71 bits per heavy atom. The van der Waals surface area contributed by atoms with Gasteiger partial charge in [-0.2, -0.15) is 0 Å². The van der Waals surface area contributed by atoms with Gasteiger partial charge in [-0.05, 0) is 48.8 Å². The second-order valence-corrected chi connectivity index (χ2v) is 5.74. The second-order valence-electron chi connectivity index (χ2n) is 5.33. The number of aryl methyl sites for hydroxylation is 1. The van der Waals surface area contributed by atoms with Crippen LogP contribution < -0.4 is 11.3 Å². The summed E-state index contributed by atoms with van der Waals surface area (Å²) in [6.45, 7) is 4.34. The third-order valence-corrected chi connectivity index (χ3v) is 4.35. The third kappa shape index (κ3) is 2.82. The zero-order chi connectivity index (χ0) is 12.4. The number of hydrogen-bond donors (Lipinski definition) is 2. The van der Waals surface area contributed by atoms with E-state index in [1.165, 1.54) is 24.8 Å². The molecule has 2 rings (SSSR count). The van der Waals surface area contributed by atoms with Crippen LogP contribution in [0.5, 0.6) is 0 Å². The molecular weight excluding hydrogens is 232 g/mol. The number of rotatable bonds is 3. The molecule has 0 aromatic heterocycles. The van der Waals surface area contributed by atoms with E-state index in [1.807, 2.05) is 13.0 Å². The Morgan fingerprint density at radius 1 is 1.41 bits per heavy atom. The van der Waals surface area contributed by atoms with E-state index in [0.717, 1.165) is 16.5 Å². The van der Waals surface area contributed by atoms with Gasteiger partial charge in [-0.1, -0.05) is 37.1 Å². The summed E-state index contributed by atoms with van der Waals surface area (Å²) in [5, 5.41) is 0.828. The van der Waals surface area contributed by atoms with Crippen molar-refractivity contribution in [2.45, 2.75) is 39.2 Å². The van der Waals surface area contributed by atoms with E-state index >= 15 is 0 Å². The van der Waals surface area contributed by atoms with Gasteiger partial charge in [0, 0.05) is 11.1 Å². The van der Waals surface area contributed by atoms with Gasteiger partial charge >= 0.3 is 0 Å². The van der Waals surface area contributed by atoms with Crippen LogP contribution in [0.25, 0.3) is 0 Å². The molecule has 0 heterocycles. The molecule has 0 spiro atoms. The summed E-state index contributed by atoms with van der Waals surface area (Å²) in [6.07, 6.45) is 3.81. The number of nitrogens with two attached hydrogens (primary N) is 1. The molecule has 3 N–H and O–H groups in total. The van der Waals surface area contributed by atoms with E-state index < -0.39 is 0 Å². The molecule has 1 aliphatic carbocycles. The highest BCUT2D eigenvalue weighted by atomic mass is 35.5. The third-order valence-electron chi connectivity index (χ3n) is 3.94. The standard InChI is InChI=1S/C14H21ClN2/c1-9-3-5-11(7-9)14(17-16)12-6-4-10(2)13(15)8-12/h4,6,8-9,11,14,17H,3,5,7,16H2,1-2H3. The highest BCUT2D eigenvalue weighted by molar-refractivity contribution is 6.31. The minimum absolute atomic E-state index is 0.234. The van der Waals surface area contributed by atoms with Crippen LogP contribution in [-0.4, -0.2) is 0 Å². The number of halogens is 1. The average Bonchev–Trinajstić information content (AvgIpc) is 2.71. The predicted molar refractivity (Wildman–Crippen MR) is 72.8 cm³/mol. The maximum Gasteiger partial charge on any atom is 0.0488 e. The number of hydrazine groups is 1. The minimum atomic E-state index is 0.234. The SMILES string of the molecule is Cc1ccc(C(NN)C2CCC(C)C2)cc1Cl. The smallest absolute Gasteiger partial charge is 0.0488 e. The van der Waals surface area contributed by atoms with Crippen LogP contribution in [0.15, 0.2) is 18.2 Å². The van der Waals surface area contributed by atoms with Crippen LogP contribution in [0.2, 0.25) is 5.02 Å². The van der Waals surface area contributed by atoms with Gasteiger partial charge in [0.1, 0.15) is 0 Å². The van der Waals surface area contributed by atoms with Crippen molar-refractivity contribution < 1.29 is 0 Å². The van der Waals surface area contributed by atoms with Crippen molar-refractivity contribution in [3.05, 3.63) is 34.3 Å². The Balaban J connectivity index is 2.20. The summed E-state index contributed by atoms with van der Waals surface area (Å²) in [5.41, 5.74) is 5.30. The van der Waals surface area contributed by atoms with Gasteiger partial charge in [-0.3, -0.25) is 11.3 Å². The molecule has 1 aliphatic rings. The fraction of sp³-hybridized carbons (Fsp3) is 0.571. The molecule has 17 heavy (non-hydrogen) atoms. The molecule has 0 saturated heterocycles. The molecular formula is C14H21ClN2. The van der Waals surface area contributed by atoms with Crippen molar-refractivity contribution in [3.8, 4) is 0 Å². The highest BCUT2D eigenvalue weighted by Gasteiger charge is 2.29. The Hall–Kier alpha value is -0.570. The first-order valence-electron chi connectivity index (χ1n) is 6.34. The molecule has 0 bridgehead atoms. The number of nitrogens with one attached hydrogen (secondary N) is 1. The fourth-order valence-electron chi connectivity index (χ4n) is 2.86. The molecule has 0 aliphatic heterocycles.